The second-order valence-electron chi connectivity index (χ2n) is 5.35. The minimum absolute atomic E-state index is 0.592. The van der Waals surface area contributed by atoms with Crippen LogP contribution in [-0.4, -0.2) is 19.6 Å². The fourth-order valence-electron chi connectivity index (χ4n) is 2.18. The Morgan fingerprint density at radius 3 is 2.40 bits per heavy atom. The van der Waals surface area contributed by atoms with E-state index in [1.54, 1.807) is 0 Å². The minimum Gasteiger partial charge on any atom is -0.272 e. The molecule has 0 unspecified atom stereocenters. The van der Waals surface area contributed by atoms with Gasteiger partial charge in [-0.05, 0) is 18.1 Å². The highest BCUT2D eigenvalue weighted by Crippen LogP contribution is 2.19. The van der Waals surface area contributed by atoms with Crippen molar-refractivity contribution in [2.75, 3.05) is 0 Å². The highest BCUT2D eigenvalue weighted by atomic mass is 15.3. The lowest BCUT2D eigenvalue weighted by molar-refractivity contribution is 0.483. The van der Waals surface area contributed by atoms with Gasteiger partial charge in [0.2, 0.25) is 0 Å². The third-order valence-electron chi connectivity index (χ3n) is 3.12. The Kier molecular flexibility index (Phi) is 3.37. The molecule has 0 saturated heterocycles. The highest BCUT2D eigenvalue weighted by Gasteiger charge is 2.06. The predicted molar refractivity (Wildman–Crippen MR) is 79.6 cm³/mol. The van der Waals surface area contributed by atoms with E-state index in [9.17, 15) is 0 Å². The molecule has 0 bridgehead atoms. The molecule has 0 fully saturated rings. The van der Waals surface area contributed by atoms with Gasteiger partial charge in [0, 0.05) is 30.1 Å². The largest absolute Gasteiger partial charge is 0.272 e. The van der Waals surface area contributed by atoms with Gasteiger partial charge in [0.15, 0.2) is 0 Å². The summed E-state index contributed by atoms with van der Waals surface area (Å²) in [5.41, 5.74) is 3.25. The van der Waals surface area contributed by atoms with E-state index in [0.29, 0.717) is 5.92 Å². The van der Waals surface area contributed by atoms with Crippen molar-refractivity contribution < 1.29 is 0 Å². The number of para-hydroxylation sites is 1. The summed E-state index contributed by atoms with van der Waals surface area (Å²) in [5, 5.41) is 8.81. The van der Waals surface area contributed by atoms with E-state index >= 15 is 0 Å². The second-order valence-corrected chi connectivity index (χ2v) is 5.35. The van der Waals surface area contributed by atoms with E-state index in [-0.39, 0.29) is 0 Å². The molecule has 20 heavy (non-hydrogen) atoms. The van der Waals surface area contributed by atoms with E-state index in [4.69, 9.17) is 0 Å². The number of aromatic nitrogens is 4. The Balaban J connectivity index is 1.85. The molecule has 2 aromatic heterocycles. The van der Waals surface area contributed by atoms with E-state index < -0.39 is 0 Å². The van der Waals surface area contributed by atoms with Crippen molar-refractivity contribution in [3.8, 4) is 16.8 Å². The van der Waals surface area contributed by atoms with Crippen LogP contribution in [-0.2, 0) is 6.54 Å². The number of hydrogen-bond acceptors (Lipinski definition) is 2. The van der Waals surface area contributed by atoms with Crippen LogP contribution >= 0.6 is 0 Å². The molecule has 4 nitrogen and oxygen atoms in total. The minimum atomic E-state index is 0.592. The van der Waals surface area contributed by atoms with Crippen molar-refractivity contribution in [1.29, 1.82) is 0 Å². The van der Waals surface area contributed by atoms with E-state index in [1.807, 2.05) is 58.3 Å². The van der Waals surface area contributed by atoms with Gasteiger partial charge in [-0.15, -0.1) is 0 Å². The van der Waals surface area contributed by atoms with E-state index in [2.05, 4.69) is 30.2 Å². The third-order valence-corrected chi connectivity index (χ3v) is 3.12. The van der Waals surface area contributed by atoms with Crippen LogP contribution in [0.2, 0.25) is 0 Å². The van der Waals surface area contributed by atoms with Crippen LogP contribution in [0.5, 0.6) is 0 Å². The summed E-state index contributed by atoms with van der Waals surface area (Å²) in [6, 6.07) is 10.1. The third kappa shape index (κ3) is 2.64. The summed E-state index contributed by atoms with van der Waals surface area (Å²) >= 11 is 0. The smallest absolute Gasteiger partial charge is 0.0645 e. The fraction of sp³-hybridized carbons (Fsp3) is 0.250. The van der Waals surface area contributed by atoms with Gasteiger partial charge in [0.25, 0.3) is 0 Å². The molecule has 0 aliphatic carbocycles. The molecule has 0 atom stereocenters. The topological polar surface area (TPSA) is 35.6 Å². The summed E-state index contributed by atoms with van der Waals surface area (Å²) in [6.07, 6.45) is 7.89. The lowest BCUT2D eigenvalue weighted by Gasteiger charge is -2.03. The van der Waals surface area contributed by atoms with Crippen LogP contribution in [0.15, 0.2) is 55.1 Å². The van der Waals surface area contributed by atoms with Crippen LogP contribution in [0.4, 0.5) is 0 Å². The number of hydrogen-bond donors (Lipinski definition) is 0. The summed E-state index contributed by atoms with van der Waals surface area (Å²) < 4.78 is 3.87. The average molecular weight is 266 g/mol. The molecule has 2 heterocycles. The van der Waals surface area contributed by atoms with Crippen molar-refractivity contribution >= 4 is 0 Å². The molecule has 3 aromatic rings. The second kappa shape index (κ2) is 5.33. The summed E-state index contributed by atoms with van der Waals surface area (Å²) in [5.74, 6) is 0.592. The van der Waals surface area contributed by atoms with E-state index in [0.717, 1.165) is 23.4 Å². The molecule has 0 aliphatic rings. The standard InChI is InChI=1S/C16H18N4/c1-13(2)10-19-11-14(8-17-19)15-9-18-20(12-15)16-6-4-3-5-7-16/h3-9,11-13H,10H2,1-2H3. The van der Waals surface area contributed by atoms with Crippen molar-refractivity contribution in [3.63, 3.8) is 0 Å². The molecule has 0 saturated carbocycles. The monoisotopic (exact) mass is 266 g/mol. The van der Waals surface area contributed by atoms with Crippen LogP contribution in [0.25, 0.3) is 16.8 Å². The van der Waals surface area contributed by atoms with Gasteiger partial charge >= 0.3 is 0 Å². The number of rotatable bonds is 4. The summed E-state index contributed by atoms with van der Waals surface area (Å²) in [4.78, 5) is 0. The van der Waals surface area contributed by atoms with Crippen molar-refractivity contribution in [3.05, 3.63) is 55.1 Å². The van der Waals surface area contributed by atoms with Gasteiger partial charge in [0.05, 0.1) is 18.1 Å². The first-order valence-corrected chi connectivity index (χ1v) is 6.85. The highest BCUT2D eigenvalue weighted by molar-refractivity contribution is 5.60. The zero-order chi connectivity index (χ0) is 13.9. The lowest BCUT2D eigenvalue weighted by Crippen LogP contribution is -2.03. The van der Waals surface area contributed by atoms with E-state index in [1.165, 1.54) is 0 Å². The molecular formula is C16H18N4. The first-order valence-electron chi connectivity index (χ1n) is 6.85. The Labute approximate surface area is 118 Å². The first-order chi connectivity index (χ1) is 9.72. The Bertz CT molecular complexity index is 679. The molecule has 102 valence electrons. The van der Waals surface area contributed by atoms with Gasteiger partial charge in [0.1, 0.15) is 0 Å². The molecule has 4 heteroatoms. The zero-order valence-corrected chi connectivity index (χ0v) is 11.8. The van der Waals surface area contributed by atoms with Gasteiger partial charge in [-0.25, -0.2) is 4.68 Å². The maximum Gasteiger partial charge on any atom is 0.0645 e. The fourth-order valence-corrected chi connectivity index (χ4v) is 2.18. The first kappa shape index (κ1) is 12.7. The molecule has 0 aliphatic heterocycles. The molecule has 3 rings (SSSR count). The molecule has 1 aromatic carbocycles. The SMILES string of the molecule is CC(C)Cn1cc(-c2cnn(-c3ccccc3)c2)cn1. The lowest BCUT2D eigenvalue weighted by atomic mass is 10.2. The van der Waals surface area contributed by atoms with Gasteiger partial charge in [-0.1, -0.05) is 32.0 Å². The summed E-state index contributed by atoms with van der Waals surface area (Å²) in [7, 11) is 0. The number of nitrogens with zero attached hydrogens (tertiary/aromatic N) is 4. The Morgan fingerprint density at radius 1 is 0.950 bits per heavy atom. The normalized spacial score (nSPS) is 11.2. The molecular weight excluding hydrogens is 248 g/mol. The van der Waals surface area contributed by atoms with Crippen LogP contribution in [0.1, 0.15) is 13.8 Å². The maximum absolute atomic E-state index is 4.41. The Hall–Kier alpha value is -2.36. The van der Waals surface area contributed by atoms with Gasteiger partial charge in [-0.3, -0.25) is 4.68 Å². The van der Waals surface area contributed by atoms with Crippen LogP contribution in [0.3, 0.4) is 0 Å². The van der Waals surface area contributed by atoms with Crippen molar-refractivity contribution in [2.24, 2.45) is 5.92 Å². The maximum atomic E-state index is 4.41. The van der Waals surface area contributed by atoms with Crippen LogP contribution in [0, 0.1) is 5.92 Å². The Morgan fingerprint density at radius 2 is 1.65 bits per heavy atom. The van der Waals surface area contributed by atoms with Gasteiger partial charge < -0.3 is 0 Å². The molecule has 0 N–H and O–H groups in total. The molecule has 0 radical (unpaired) electrons. The quantitative estimate of drug-likeness (QED) is 0.725. The van der Waals surface area contributed by atoms with Crippen LogP contribution < -0.4 is 0 Å². The molecule has 0 spiro atoms. The molecule has 0 amide bonds. The van der Waals surface area contributed by atoms with Crippen molar-refractivity contribution in [2.45, 2.75) is 20.4 Å². The average Bonchev–Trinajstić information content (AvgIpc) is 3.07. The van der Waals surface area contributed by atoms with Crippen molar-refractivity contribution in [1.82, 2.24) is 19.6 Å². The van der Waals surface area contributed by atoms with Gasteiger partial charge in [-0.2, -0.15) is 10.2 Å². The zero-order valence-electron chi connectivity index (χ0n) is 11.8. The summed E-state index contributed by atoms with van der Waals surface area (Å²) in [6.45, 7) is 5.32. The predicted octanol–water partition coefficient (Wildman–Crippen LogP) is 3.39. The number of benzene rings is 1.